The molecule has 0 bridgehead atoms. The molecule has 0 saturated heterocycles. The van der Waals surface area contributed by atoms with Crippen LogP contribution in [0.15, 0.2) is 108 Å². The summed E-state index contributed by atoms with van der Waals surface area (Å²) in [6.07, 6.45) is -1.10. The molecule has 8 heteroatoms. The number of fused-ring (bicyclic) bond motifs is 1. The minimum Gasteiger partial charge on any atom is -0.456 e. The minimum absolute atomic E-state index is 0.173. The van der Waals surface area contributed by atoms with Gasteiger partial charge in [0, 0.05) is 18.4 Å². The number of carbonyl (C=O) groups is 1. The van der Waals surface area contributed by atoms with Crippen molar-refractivity contribution in [2.75, 3.05) is 0 Å². The van der Waals surface area contributed by atoms with Crippen LogP contribution in [0.3, 0.4) is 0 Å². The van der Waals surface area contributed by atoms with Crippen molar-refractivity contribution in [3.8, 4) is 0 Å². The summed E-state index contributed by atoms with van der Waals surface area (Å²) in [6, 6.07) is 31.9. The minimum atomic E-state index is -1.12. The van der Waals surface area contributed by atoms with E-state index in [2.05, 4.69) is 26.1 Å². The number of ether oxygens (including phenoxy) is 1. The van der Waals surface area contributed by atoms with Gasteiger partial charge in [-0.25, -0.2) is 0 Å². The van der Waals surface area contributed by atoms with Crippen molar-refractivity contribution in [1.29, 1.82) is 0 Å². The summed E-state index contributed by atoms with van der Waals surface area (Å²) in [7, 11) is 0. The monoisotopic (exact) mass is 555 g/mol. The highest BCUT2D eigenvalue weighted by molar-refractivity contribution is 9.10. The lowest BCUT2D eigenvalue weighted by Crippen LogP contribution is -2.39. The average Bonchev–Trinajstić information content (AvgIpc) is 3.29. The zero-order valence-corrected chi connectivity index (χ0v) is 21.4. The molecule has 5 aromatic rings. The lowest BCUT2D eigenvalue weighted by Gasteiger charge is -2.41. The van der Waals surface area contributed by atoms with Crippen LogP contribution in [0.4, 0.5) is 5.69 Å². The Morgan fingerprint density at radius 2 is 1.41 bits per heavy atom. The number of carbonyl (C=O) groups excluding carboxylic acids is 1. The van der Waals surface area contributed by atoms with Gasteiger partial charge in [0.05, 0.1) is 21.4 Å². The van der Waals surface area contributed by atoms with Crippen molar-refractivity contribution in [2.24, 2.45) is 0 Å². The second kappa shape index (κ2) is 9.99. The summed E-state index contributed by atoms with van der Waals surface area (Å²) in [6.45, 7) is 1.31. The number of esters is 1. The predicted octanol–water partition coefficient (Wildman–Crippen LogP) is 6.87. The van der Waals surface area contributed by atoms with E-state index in [4.69, 9.17) is 4.74 Å². The molecule has 1 unspecified atom stereocenters. The fraction of sp³-hybridized carbons (Fsp3) is 0.103. The molecule has 1 atom stereocenters. The smallest absolute Gasteiger partial charge is 0.303 e. The molecule has 0 aliphatic carbocycles. The third kappa shape index (κ3) is 4.29. The zero-order valence-electron chi connectivity index (χ0n) is 19.8. The van der Waals surface area contributed by atoms with E-state index in [1.807, 2.05) is 91.0 Å². The predicted molar refractivity (Wildman–Crippen MR) is 144 cm³/mol. The van der Waals surface area contributed by atoms with E-state index >= 15 is 0 Å². The Hall–Kier alpha value is -4.30. The van der Waals surface area contributed by atoms with Gasteiger partial charge in [0.1, 0.15) is 4.60 Å². The Balaban J connectivity index is 1.95. The average molecular weight is 556 g/mol. The summed E-state index contributed by atoms with van der Waals surface area (Å²) in [4.78, 5) is 24.7. The van der Waals surface area contributed by atoms with E-state index in [0.717, 1.165) is 16.7 Å². The maximum atomic E-state index is 12.7. The van der Waals surface area contributed by atoms with Crippen molar-refractivity contribution >= 4 is 38.5 Å². The number of nitrogens with one attached hydrogen (secondary N) is 1. The molecule has 0 fully saturated rings. The van der Waals surface area contributed by atoms with E-state index in [9.17, 15) is 14.9 Å². The number of benzene rings is 4. The molecule has 0 spiro atoms. The van der Waals surface area contributed by atoms with Gasteiger partial charge in [0.15, 0.2) is 6.10 Å². The fourth-order valence-electron chi connectivity index (χ4n) is 5.01. The van der Waals surface area contributed by atoms with Gasteiger partial charge in [-0.15, -0.1) is 0 Å². The number of nitrogens with zero attached hydrogens (tertiary/aromatic N) is 2. The quantitative estimate of drug-likeness (QED) is 0.102. The van der Waals surface area contributed by atoms with Crippen molar-refractivity contribution in [3.05, 3.63) is 140 Å². The summed E-state index contributed by atoms with van der Waals surface area (Å²) in [5, 5.41) is 20.1. The lowest BCUT2D eigenvalue weighted by atomic mass is 9.64. The van der Waals surface area contributed by atoms with Crippen molar-refractivity contribution < 1.29 is 14.5 Å². The number of halogens is 1. The van der Waals surface area contributed by atoms with Gasteiger partial charge in [-0.1, -0.05) is 91.0 Å². The van der Waals surface area contributed by atoms with Crippen LogP contribution in [0, 0.1) is 10.1 Å². The Kier molecular flexibility index (Phi) is 6.58. The molecule has 0 radical (unpaired) electrons. The van der Waals surface area contributed by atoms with E-state index in [1.165, 1.54) is 13.0 Å². The first-order valence-electron chi connectivity index (χ1n) is 11.6. The summed E-state index contributed by atoms with van der Waals surface area (Å²) >= 11 is 3.38. The molecule has 0 aliphatic heterocycles. The summed E-state index contributed by atoms with van der Waals surface area (Å²) < 4.78 is 6.65. The van der Waals surface area contributed by atoms with Gasteiger partial charge < -0.3 is 4.74 Å². The second-order valence-electron chi connectivity index (χ2n) is 8.62. The molecule has 1 heterocycles. The van der Waals surface area contributed by atoms with E-state index in [1.54, 1.807) is 6.07 Å². The van der Waals surface area contributed by atoms with Gasteiger partial charge in [0.25, 0.3) is 5.69 Å². The molecule has 184 valence electrons. The molecule has 1 aromatic heterocycles. The molecule has 1 N–H and O–H groups in total. The van der Waals surface area contributed by atoms with Crippen LogP contribution >= 0.6 is 15.9 Å². The highest BCUT2D eigenvalue weighted by Gasteiger charge is 2.49. The third-order valence-corrected chi connectivity index (χ3v) is 7.10. The summed E-state index contributed by atoms with van der Waals surface area (Å²) in [5.41, 5.74) is 1.90. The van der Waals surface area contributed by atoms with Gasteiger partial charge in [-0.3, -0.25) is 20.0 Å². The number of aromatic nitrogens is 2. The van der Waals surface area contributed by atoms with Gasteiger partial charge >= 0.3 is 5.97 Å². The van der Waals surface area contributed by atoms with Crippen LogP contribution in [-0.2, 0) is 14.9 Å². The zero-order chi connectivity index (χ0) is 26.0. The summed E-state index contributed by atoms with van der Waals surface area (Å²) in [5.74, 6) is -0.560. The molecule has 37 heavy (non-hydrogen) atoms. The first-order chi connectivity index (χ1) is 17.9. The van der Waals surface area contributed by atoms with Crippen LogP contribution in [0.25, 0.3) is 10.9 Å². The maximum Gasteiger partial charge on any atom is 0.303 e. The fourth-order valence-corrected chi connectivity index (χ4v) is 5.41. The number of rotatable bonds is 7. The van der Waals surface area contributed by atoms with Crippen molar-refractivity contribution in [2.45, 2.75) is 18.4 Å². The van der Waals surface area contributed by atoms with Gasteiger partial charge in [-0.2, -0.15) is 5.10 Å². The lowest BCUT2D eigenvalue weighted by molar-refractivity contribution is -0.386. The molecular weight excluding hydrogens is 534 g/mol. The third-order valence-electron chi connectivity index (χ3n) is 6.50. The highest BCUT2D eigenvalue weighted by atomic mass is 79.9. The van der Waals surface area contributed by atoms with Crippen molar-refractivity contribution in [3.63, 3.8) is 0 Å². The van der Waals surface area contributed by atoms with Crippen LogP contribution in [0.5, 0.6) is 0 Å². The van der Waals surface area contributed by atoms with Crippen LogP contribution in [0.2, 0.25) is 0 Å². The molecule has 4 aromatic carbocycles. The van der Waals surface area contributed by atoms with Crippen LogP contribution in [0.1, 0.15) is 35.3 Å². The van der Waals surface area contributed by atoms with Gasteiger partial charge in [-0.05, 0) is 38.7 Å². The second-order valence-corrected chi connectivity index (χ2v) is 9.41. The maximum absolute atomic E-state index is 12.7. The van der Waals surface area contributed by atoms with E-state index in [-0.39, 0.29) is 11.3 Å². The number of H-pyrrole nitrogens is 1. The normalized spacial score (nSPS) is 12.3. The molecular formula is C29H22BrN3O4. The number of hydrogen-bond donors (Lipinski definition) is 1. The van der Waals surface area contributed by atoms with E-state index in [0.29, 0.717) is 15.5 Å². The van der Waals surface area contributed by atoms with Crippen LogP contribution < -0.4 is 0 Å². The highest BCUT2D eigenvalue weighted by Crippen LogP contribution is 2.52. The van der Waals surface area contributed by atoms with Crippen LogP contribution in [-0.4, -0.2) is 21.1 Å². The Labute approximate surface area is 221 Å². The SMILES string of the molecule is CC(=O)OC(c1cc2n[nH]c(Br)c2cc1[N+](=O)[O-])C(c1ccccc1)(c1ccccc1)c1ccccc1. The van der Waals surface area contributed by atoms with E-state index < -0.39 is 22.4 Å². The van der Waals surface area contributed by atoms with Crippen molar-refractivity contribution in [1.82, 2.24) is 10.2 Å². The Bertz CT molecular complexity index is 1470. The number of aromatic amines is 1. The molecule has 0 saturated carbocycles. The molecule has 0 amide bonds. The Morgan fingerprint density at radius 3 is 1.84 bits per heavy atom. The van der Waals surface area contributed by atoms with Gasteiger partial charge in [0.2, 0.25) is 0 Å². The molecule has 0 aliphatic rings. The number of hydrogen-bond acceptors (Lipinski definition) is 5. The standard InChI is InChI=1S/C29H22BrN3O4/c1-19(34)37-27(24-17-25-23(28(30)32-31-25)18-26(24)33(35)36)29(20-11-5-2-6-12-20,21-13-7-3-8-14-21)22-15-9-4-10-16-22/h2-18,27H,1H3,(H,31,32). The number of nitro groups is 1. The molecule has 7 nitrogen and oxygen atoms in total. The number of nitro benzene ring substituents is 1. The molecule has 5 rings (SSSR count). The first-order valence-corrected chi connectivity index (χ1v) is 12.4. The first kappa shape index (κ1) is 24.4. The largest absolute Gasteiger partial charge is 0.456 e. The topological polar surface area (TPSA) is 98.1 Å². The Morgan fingerprint density at radius 1 is 0.919 bits per heavy atom.